The highest BCUT2D eigenvalue weighted by Gasteiger charge is 2.27. The molecule has 0 heterocycles. The number of hydrogen-bond acceptors (Lipinski definition) is 3. The summed E-state index contributed by atoms with van der Waals surface area (Å²) >= 11 is 0. The smallest absolute Gasteiger partial charge is 0.326 e. The van der Waals surface area contributed by atoms with Gasteiger partial charge in [-0.25, -0.2) is 13.1 Å². The van der Waals surface area contributed by atoms with Gasteiger partial charge < -0.3 is 5.73 Å². The second-order valence-corrected chi connectivity index (χ2v) is 5.38. The highest BCUT2D eigenvalue weighted by molar-refractivity contribution is 7.89. The molecule has 0 aromatic heterocycles. The predicted molar refractivity (Wildman–Crippen MR) is 60.2 cm³/mol. The van der Waals surface area contributed by atoms with Gasteiger partial charge in [0.2, 0.25) is 10.0 Å². The number of hydrogen-bond donors (Lipinski definition) is 2. The first-order chi connectivity index (χ1) is 8.24. The minimum atomic E-state index is -4.38. The monoisotopic (exact) mass is 282 g/mol. The fourth-order valence-corrected chi connectivity index (χ4v) is 2.25. The van der Waals surface area contributed by atoms with Crippen LogP contribution in [0.5, 0.6) is 0 Å². The van der Waals surface area contributed by atoms with E-state index in [0.717, 1.165) is 5.56 Å². The van der Waals surface area contributed by atoms with Crippen molar-refractivity contribution >= 4 is 10.0 Å². The quantitative estimate of drug-likeness (QED) is 0.857. The van der Waals surface area contributed by atoms with Crippen LogP contribution in [0.4, 0.5) is 13.2 Å². The number of nitrogens with two attached hydrogens (primary N) is 1. The summed E-state index contributed by atoms with van der Waals surface area (Å²) in [5.74, 6) is 0. The van der Waals surface area contributed by atoms with Crippen LogP contribution in [0.3, 0.4) is 0 Å². The van der Waals surface area contributed by atoms with Crippen LogP contribution in [-0.2, 0) is 16.6 Å². The Bertz CT molecular complexity index is 483. The zero-order valence-electron chi connectivity index (χ0n) is 9.37. The fourth-order valence-electron chi connectivity index (χ4n) is 1.22. The van der Waals surface area contributed by atoms with E-state index in [1.807, 2.05) is 4.72 Å². The van der Waals surface area contributed by atoms with Crippen LogP contribution in [0, 0.1) is 0 Å². The Morgan fingerprint density at radius 1 is 1.17 bits per heavy atom. The molecule has 0 aliphatic heterocycles. The van der Waals surface area contributed by atoms with Crippen LogP contribution in [0.25, 0.3) is 0 Å². The maximum absolute atomic E-state index is 11.9. The summed E-state index contributed by atoms with van der Waals surface area (Å²) in [5, 5.41) is 0. The summed E-state index contributed by atoms with van der Waals surface area (Å²) in [5.41, 5.74) is 6.09. The molecule has 0 unspecified atom stereocenters. The van der Waals surface area contributed by atoms with Gasteiger partial charge in [0.15, 0.2) is 0 Å². The lowest BCUT2D eigenvalue weighted by molar-refractivity contribution is -0.132. The molecule has 1 aromatic carbocycles. The largest absolute Gasteiger partial charge is 0.390 e. The van der Waals surface area contributed by atoms with Crippen LogP contribution >= 0.6 is 0 Å². The fraction of sp³-hybridized carbons (Fsp3) is 0.400. The average Bonchev–Trinajstić information content (AvgIpc) is 2.27. The second kappa shape index (κ2) is 5.68. The van der Waals surface area contributed by atoms with Crippen LogP contribution in [0.15, 0.2) is 29.2 Å². The molecule has 0 atom stereocenters. The van der Waals surface area contributed by atoms with Gasteiger partial charge in [0.1, 0.15) is 0 Å². The SMILES string of the molecule is NCc1ccc(S(=O)(=O)NCCC(F)(F)F)cc1. The first-order valence-corrected chi connectivity index (χ1v) is 6.58. The topological polar surface area (TPSA) is 72.2 Å². The van der Waals surface area contributed by atoms with Gasteiger partial charge in [-0.15, -0.1) is 0 Å². The number of nitrogens with one attached hydrogen (secondary N) is 1. The molecule has 1 rings (SSSR count). The van der Waals surface area contributed by atoms with Crippen LogP contribution < -0.4 is 10.5 Å². The standard InChI is InChI=1S/C10H13F3N2O2S/c11-10(12,13)5-6-15-18(16,17)9-3-1-8(7-14)2-4-9/h1-4,15H,5-7,14H2. The molecule has 0 saturated heterocycles. The molecule has 4 nitrogen and oxygen atoms in total. The zero-order valence-corrected chi connectivity index (χ0v) is 10.2. The molecule has 0 fully saturated rings. The molecule has 102 valence electrons. The van der Waals surface area contributed by atoms with Crippen molar-refractivity contribution in [2.45, 2.75) is 24.0 Å². The van der Waals surface area contributed by atoms with Crippen LogP contribution in [-0.4, -0.2) is 21.1 Å². The van der Waals surface area contributed by atoms with E-state index in [1.165, 1.54) is 24.3 Å². The summed E-state index contributed by atoms with van der Waals surface area (Å²) < 4.78 is 60.8. The molecule has 18 heavy (non-hydrogen) atoms. The summed E-state index contributed by atoms with van der Waals surface area (Å²) in [7, 11) is -3.90. The Hall–Kier alpha value is -1.12. The normalized spacial score (nSPS) is 12.7. The van der Waals surface area contributed by atoms with Gasteiger partial charge in [-0.3, -0.25) is 0 Å². The highest BCUT2D eigenvalue weighted by atomic mass is 32.2. The van der Waals surface area contributed by atoms with Gasteiger partial charge in [0.05, 0.1) is 11.3 Å². The van der Waals surface area contributed by atoms with Gasteiger partial charge in [-0.05, 0) is 17.7 Å². The summed E-state index contributed by atoms with van der Waals surface area (Å²) in [4.78, 5) is -0.0816. The third-order valence-electron chi connectivity index (χ3n) is 2.17. The van der Waals surface area contributed by atoms with Crippen molar-refractivity contribution in [2.75, 3.05) is 6.54 Å². The summed E-state index contributed by atoms with van der Waals surface area (Å²) in [6, 6.07) is 5.63. The lowest BCUT2D eigenvalue weighted by Gasteiger charge is -2.09. The molecular weight excluding hydrogens is 269 g/mol. The van der Waals surface area contributed by atoms with Crippen molar-refractivity contribution < 1.29 is 21.6 Å². The minimum Gasteiger partial charge on any atom is -0.326 e. The predicted octanol–water partition coefficient (Wildman–Crippen LogP) is 1.38. The maximum atomic E-state index is 11.9. The minimum absolute atomic E-state index is 0.0816. The Kier molecular flexibility index (Phi) is 4.71. The Morgan fingerprint density at radius 2 is 1.72 bits per heavy atom. The Labute approximate surface area is 103 Å². The molecule has 0 aliphatic carbocycles. The molecular formula is C10H13F3N2O2S. The van der Waals surface area contributed by atoms with E-state index < -0.39 is 29.2 Å². The van der Waals surface area contributed by atoms with Crippen molar-refractivity contribution in [1.82, 2.24) is 4.72 Å². The molecule has 1 aromatic rings. The zero-order chi connectivity index (χ0) is 13.8. The highest BCUT2D eigenvalue weighted by Crippen LogP contribution is 2.19. The van der Waals surface area contributed by atoms with E-state index in [0.29, 0.717) is 0 Å². The molecule has 0 spiro atoms. The Morgan fingerprint density at radius 3 is 2.17 bits per heavy atom. The number of alkyl halides is 3. The molecule has 0 saturated carbocycles. The lowest BCUT2D eigenvalue weighted by atomic mass is 10.2. The number of rotatable bonds is 5. The summed E-state index contributed by atoms with van der Waals surface area (Å²) in [6.45, 7) is -0.410. The van der Waals surface area contributed by atoms with Crippen molar-refractivity contribution in [3.8, 4) is 0 Å². The van der Waals surface area contributed by atoms with E-state index in [2.05, 4.69) is 0 Å². The molecule has 0 aliphatic rings. The number of sulfonamides is 1. The first kappa shape index (κ1) is 14.9. The third-order valence-corrected chi connectivity index (χ3v) is 3.65. The van der Waals surface area contributed by atoms with Gasteiger partial charge >= 0.3 is 6.18 Å². The Balaban J connectivity index is 2.68. The van der Waals surface area contributed by atoms with E-state index in [9.17, 15) is 21.6 Å². The maximum Gasteiger partial charge on any atom is 0.390 e. The van der Waals surface area contributed by atoms with Gasteiger partial charge in [0.25, 0.3) is 0 Å². The van der Waals surface area contributed by atoms with Crippen molar-refractivity contribution in [3.05, 3.63) is 29.8 Å². The van der Waals surface area contributed by atoms with Crippen LogP contribution in [0.1, 0.15) is 12.0 Å². The number of halogens is 3. The third kappa shape index (κ3) is 4.63. The van der Waals surface area contributed by atoms with Gasteiger partial charge in [-0.1, -0.05) is 12.1 Å². The van der Waals surface area contributed by atoms with Crippen molar-refractivity contribution in [1.29, 1.82) is 0 Å². The average molecular weight is 282 g/mol. The van der Waals surface area contributed by atoms with Gasteiger partial charge in [-0.2, -0.15) is 13.2 Å². The molecule has 0 amide bonds. The van der Waals surface area contributed by atoms with Gasteiger partial charge in [0, 0.05) is 13.1 Å². The molecule has 3 N–H and O–H groups in total. The van der Waals surface area contributed by atoms with E-state index in [-0.39, 0.29) is 11.4 Å². The van der Waals surface area contributed by atoms with Crippen molar-refractivity contribution in [3.63, 3.8) is 0 Å². The lowest BCUT2D eigenvalue weighted by Crippen LogP contribution is -2.28. The summed E-state index contributed by atoms with van der Waals surface area (Å²) in [6.07, 6.45) is -5.58. The van der Waals surface area contributed by atoms with E-state index >= 15 is 0 Å². The molecule has 0 radical (unpaired) electrons. The first-order valence-electron chi connectivity index (χ1n) is 5.10. The molecule has 8 heteroatoms. The van der Waals surface area contributed by atoms with Crippen molar-refractivity contribution in [2.24, 2.45) is 5.73 Å². The molecule has 0 bridgehead atoms. The number of benzene rings is 1. The van der Waals surface area contributed by atoms with E-state index in [1.54, 1.807) is 0 Å². The second-order valence-electron chi connectivity index (χ2n) is 3.61. The van der Waals surface area contributed by atoms with E-state index in [4.69, 9.17) is 5.73 Å². The van der Waals surface area contributed by atoms with Crippen LogP contribution in [0.2, 0.25) is 0 Å².